The van der Waals surface area contributed by atoms with Crippen LogP contribution < -0.4 is 5.43 Å². The number of amides is 1. The van der Waals surface area contributed by atoms with Crippen LogP contribution in [0.15, 0.2) is 28.5 Å². The summed E-state index contributed by atoms with van der Waals surface area (Å²) >= 11 is 1.75. The molecule has 21 heavy (non-hydrogen) atoms. The van der Waals surface area contributed by atoms with E-state index in [2.05, 4.69) is 23.4 Å². The highest BCUT2D eigenvalue weighted by atomic mass is 32.1. The van der Waals surface area contributed by atoms with E-state index < -0.39 is 0 Å². The van der Waals surface area contributed by atoms with E-state index in [0.717, 1.165) is 18.5 Å². The monoisotopic (exact) mass is 302 g/mol. The van der Waals surface area contributed by atoms with Gasteiger partial charge in [0.15, 0.2) is 5.43 Å². The molecule has 1 aliphatic rings. The van der Waals surface area contributed by atoms with Crippen LogP contribution in [0, 0.1) is 6.92 Å². The summed E-state index contributed by atoms with van der Waals surface area (Å²) in [6.07, 6.45) is 3.27. The first-order chi connectivity index (χ1) is 10.1. The van der Waals surface area contributed by atoms with Crippen LogP contribution in [-0.2, 0) is 6.42 Å². The number of H-pyrrole nitrogens is 1. The van der Waals surface area contributed by atoms with Crippen LogP contribution in [0.2, 0.25) is 0 Å². The predicted molar refractivity (Wildman–Crippen MR) is 83.9 cm³/mol. The minimum absolute atomic E-state index is 0.0770. The summed E-state index contributed by atoms with van der Waals surface area (Å²) in [6.45, 7) is 4.57. The van der Waals surface area contributed by atoms with E-state index in [4.69, 9.17) is 0 Å². The second-order valence-electron chi connectivity index (χ2n) is 5.37. The second-order valence-corrected chi connectivity index (χ2v) is 6.37. The number of hydrogen-bond donors (Lipinski definition) is 1. The van der Waals surface area contributed by atoms with Gasteiger partial charge in [0.05, 0.1) is 6.04 Å². The number of thiophene rings is 1. The molecule has 1 N–H and O–H groups in total. The third-order valence-electron chi connectivity index (χ3n) is 4.03. The molecular formula is C16H18N2O2S. The van der Waals surface area contributed by atoms with Crippen LogP contribution in [0.25, 0.3) is 0 Å². The van der Waals surface area contributed by atoms with Gasteiger partial charge in [-0.1, -0.05) is 6.92 Å². The van der Waals surface area contributed by atoms with Crippen LogP contribution in [-0.4, -0.2) is 22.3 Å². The summed E-state index contributed by atoms with van der Waals surface area (Å²) < 4.78 is 0. The summed E-state index contributed by atoms with van der Waals surface area (Å²) in [6, 6.07) is 3.66. The summed E-state index contributed by atoms with van der Waals surface area (Å²) in [5, 5.41) is 2.08. The van der Waals surface area contributed by atoms with Crippen LogP contribution in [0.3, 0.4) is 0 Å². The number of carbonyl (C=O) groups excluding carboxylic acids is 1. The summed E-state index contributed by atoms with van der Waals surface area (Å²) in [4.78, 5) is 31.0. The second kappa shape index (κ2) is 5.48. The summed E-state index contributed by atoms with van der Waals surface area (Å²) in [5.41, 5.74) is 2.04. The third kappa shape index (κ3) is 2.42. The maximum absolute atomic E-state index is 12.7. The molecule has 1 atom stereocenters. The Hall–Kier alpha value is -1.88. The van der Waals surface area contributed by atoms with Crippen molar-refractivity contribution in [1.29, 1.82) is 0 Å². The molecule has 3 rings (SSSR count). The van der Waals surface area contributed by atoms with Gasteiger partial charge in [-0.2, -0.15) is 0 Å². The van der Waals surface area contributed by atoms with Gasteiger partial charge in [0.2, 0.25) is 0 Å². The molecule has 0 saturated carbocycles. The highest BCUT2D eigenvalue weighted by Gasteiger charge is 2.31. The van der Waals surface area contributed by atoms with Crippen molar-refractivity contribution < 1.29 is 4.79 Å². The average Bonchev–Trinajstić information content (AvgIpc) is 2.94. The Morgan fingerprint density at radius 1 is 1.52 bits per heavy atom. The lowest BCUT2D eigenvalue weighted by atomic mass is 9.97. The van der Waals surface area contributed by atoms with E-state index in [1.54, 1.807) is 11.3 Å². The quantitative estimate of drug-likeness (QED) is 0.927. The van der Waals surface area contributed by atoms with Gasteiger partial charge in [-0.05, 0) is 36.8 Å². The van der Waals surface area contributed by atoms with Crippen LogP contribution in [0.4, 0.5) is 0 Å². The standard InChI is InChI=1S/C16H18N2O2S/c1-3-13-11-5-7-21-15(11)4-6-18(13)16(20)12-9-17-10(2)8-14(12)19/h5,7-9,13H,3-4,6H2,1-2H3,(H,17,19). The van der Waals surface area contributed by atoms with Crippen molar-refractivity contribution in [3.05, 3.63) is 55.6 Å². The van der Waals surface area contributed by atoms with Gasteiger partial charge < -0.3 is 9.88 Å². The lowest BCUT2D eigenvalue weighted by Gasteiger charge is -2.35. The molecule has 1 unspecified atom stereocenters. The van der Waals surface area contributed by atoms with Crippen molar-refractivity contribution in [3.8, 4) is 0 Å². The molecule has 0 radical (unpaired) electrons. The molecule has 0 aliphatic carbocycles. The van der Waals surface area contributed by atoms with Crippen molar-refractivity contribution in [2.75, 3.05) is 6.54 Å². The Morgan fingerprint density at radius 2 is 2.33 bits per heavy atom. The molecule has 5 heteroatoms. The fourth-order valence-corrected chi connectivity index (χ4v) is 3.90. The summed E-state index contributed by atoms with van der Waals surface area (Å²) in [7, 11) is 0. The van der Waals surface area contributed by atoms with Crippen LogP contribution in [0.5, 0.6) is 0 Å². The smallest absolute Gasteiger partial charge is 0.259 e. The third-order valence-corrected chi connectivity index (χ3v) is 5.03. The zero-order valence-corrected chi connectivity index (χ0v) is 13.0. The number of nitrogens with zero attached hydrogens (tertiary/aromatic N) is 1. The first-order valence-corrected chi connectivity index (χ1v) is 8.06. The molecule has 110 valence electrons. The Morgan fingerprint density at radius 3 is 3.05 bits per heavy atom. The van der Waals surface area contributed by atoms with Crippen molar-refractivity contribution in [2.45, 2.75) is 32.7 Å². The number of hydrogen-bond acceptors (Lipinski definition) is 3. The number of pyridine rings is 1. The number of aromatic amines is 1. The van der Waals surface area contributed by atoms with Gasteiger partial charge in [-0.3, -0.25) is 9.59 Å². The lowest BCUT2D eigenvalue weighted by molar-refractivity contribution is 0.0655. The predicted octanol–water partition coefficient (Wildman–Crippen LogP) is 2.89. The van der Waals surface area contributed by atoms with Crippen molar-refractivity contribution in [2.24, 2.45) is 0 Å². The highest BCUT2D eigenvalue weighted by Crippen LogP contribution is 2.35. The molecule has 3 heterocycles. The molecule has 1 aliphatic heterocycles. The molecule has 2 aromatic heterocycles. The first-order valence-electron chi connectivity index (χ1n) is 7.18. The van der Waals surface area contributed by atoms with Gasteiger partial charge >= 0.3 is 0 Å². The number of aromatic nitrogens is 1. The van der Waals surface area contributed by atoms with E-state index in [9.17, 15) is 9.59 Å². The Labute approximate surface area is 127 Å². The maximum Gasteiger partial charge on any atom is 0.259 e. The first kappa shape index (κ1) is 14.1. The fraction of sp³-hybridized carbons (Fsp3) is 0.375. The molecule has 0 spiro atoms. The molecule has 2 aromatic rings. The average molecular weight is 302 g/mol. The Bertz CT molecular complexity index is 732. The molecule has 0 aromatic carbocycles. The van der Waals surface area contributed by atoms with E-state index in [-0.39, 0.29) is 22.9 Å². The van der Waals surface area contributed by atoms with E-state index in [1.165, 1.54) is 22.7 Å². The molecule has 0 saturated heterocycles. The minimum Gasteiger partial charge on any atom is -0.364 e. The zero-order valence-electron chi connectivity index (χ0n) is 12.2. The topological polar surface area (TPSA) is 53.2 Å². The minimum atomic E-state index is -0.206. The number of nitrogens with one attached hydrogen (secondary N) is 1. The molecular weight excluding hydrogens is 284 g/mol. The van der Waals surface area contributed by atoms with E-state index >= 15 is 0 Å². The number of carbonyl (C=O) groups is 1. The largest absolute Gasteiger partial charge is 0.364 e. The molecule has 0 bridgehead atoms. The lowest BCUT2D eigenvalue weighted by Crippen LogP contribution is -2.41. The SMILES string of the molecule is CCC1c2ccsc2CCN1C(=O)c1c[nH]c(C)cc1=O. The van der Waals surface area contributed by atoms with Crippen LogP contribution >= 0.6 is 11.3 Å². The van der Waals surface area contributed by atoms with Gasteiger partial charge in [-0.25, -0.2) is 0 Å². The van der Waals surface area contributed by atoms with Gasteiger partial charge in [0.1, 0.15) is 5.56 Å². The fourth-order valence-electron chi connectivity index (χ4n) is 2.97. The Kier molecular flexibility index (Phi) is 3.68. The van der Waals surface area contributed by atoms with E-state index in [0.29, 0.717) is 6.54 Å². The number of fused-ring (bicyclic) bond motifs is 1. The molecule has 0 fully saturated rings. The Balaban J connectivity index is 1.96. The molecule has 4 nitrogen and oxygen atoms in total. The van der Waals surface area contributed by atoms with Crippen molar-refractivity contribution in [1.82, 2.24) is 9.88 Å². The van der Waals surface area contributed by atoms with Crippen molar-refractivity contribution in [3.63, 3.8) is 0 Å². The normalized spacial score (nSPS) is 17.6. The van der Waals surface area contributed by atoms with E-state index in [1.807, 2.05) is 11.8 Å². The van der Waals surface area contributed by atoms with Gasteiger partial charge in [0.25, 0.3) is 5.91 Å². The highest BCUT2D eigenvalue weighted by molar-refractivity contribution is 7.10. The van der Waals surface area contributed by atoms with Gasteiger partial charge in [0, 0.05) is 29.4 Å². The number of aryl methyl sites for hydroxylation is 1. The zero-order chi connectivity index (χ0) is 15.0. The summed E-state index contributed by atoms with van der Waals surface area (Å²) in [5.74, 6) is -0.167. The number of rotatable bonds is 2. The van der Waals surface area contributed by atoms with Crippen molar-refractivity contribution >= 4 is 17.2 Å². The van der Waals surface area contributed by atoms with Crippen LogP contribution in [0.1, 0.15) is 45.9 Å². The van der Waals surface area contributed by atoms with Gasteiger partial charge in [-0.15, -0.1) is 11.3 Å². The maximum atomic E-state index is 12.7. The molecule has 1 amide bonds.